The second kappa shape index (κ2) is 6.60. The molecule has 0 radical (unpaired) electrons. The predicted molar refractivity (Wildman–Crippen MR) is 52.5 cm³/mol. The minimum Gasteiger partial charge on any atom is -0.480 e. The van der Waals surface area contributed by atoms with E-state index in [-0.39, 0.29) is 0 Å². The highest BCUT2D eigenvalue weighted by molar-refractivity contribution is 8.04. The van der Waals surface area contributed by atoms with Crippen LogP contribution < -0.4 is 5.73 Å². The van der Waals surface area contributed by atoms with Gasteiger partial charge in [-0.1, -0.05) is 23.2 Å². The normalized spacial score (nSPS) is 14.4. The molecule has 0 aliphatic rings. The van der Waals surface area contributed by atoms with Crippen molar-refractivity contribution in [3.8, 4) is 0 Å². The SMILES string of the molecule is N[C@@H](CCS/C(Cl)=C\Cl)C(=O)O. The van der Waals surface area contributed by atoms with Crippen LogP contribution in [0.3, 0.4) is 0 Å². The summed E-state index contributed by atoms with van der Waals surface area (Å²) in [5, 5.41) is 8.40. The number of hydrogen-bond acceptors (Lipinski definition) is 3. The summed E-state index contributed by atoms with van der Waals surface area (Å²) in [6.07, 6.45) is 0.376. The van der Waals surface area contributed by atoms with E-state index in [1.807, 2.05) is 0 Å². The average Bonchev–Trinajstić information content (AvgIpc) is 2.03. The van der Waals surface area contributed by atoms with E-state index >= 15 is 0 Å². The van der Waals surface area contributed by atoms with Crippen LogP contribution in [0.15, 0.2) is 9.90 Å². The molecule has 0 aromatic carbocycles. The Labute approximate surface area is 84.9 Å². The van der Waals surface area contributed by atoms with Gasteiger partial charge in [-0.15, -0.1) is 11.8 Å². The van der Waals surface area contributed by atoms with Crippen LogP contribution in [0.2, 0.25) is 0 Å². The van der Waals surface area contributed by atoms with E-state index < -0.39 is 12.0 Å². The zero-order valence-corrected chi connectivity index (χ0v) is 8.49. The lowest BCUT2D eigenvalue weighted by atomic mass is 10.2. The number of halogens is 2. The molecule has 12 heavy (non-hydrogen) atoms. The van der Waals surface area contributed by atoms with Gasteiger partial charge in [-0.2, -0.15) is 0 Å². The van der Waals surface area contributed by atoms with Crippen molar-refractivity contribution in [3.63, 3.8) is 0 Å². The fraction of sp³-hybridized carbons (Fsp3) is 0.500. The molecule has 0 aromatic rings. The summed E-state index contributed by atoms with van der Waals surface area (Å²) < 4.78 is 0.439. The third-order valence-electron chi connectivity index (χ3n) is 1.07. The number of nitrogens with two attached hydrogens (primary N) is 1. The number of carboxylic acids is 1. The van der Waals surface area contributed by atoms with Crippen molar-refractivity contribution in [2.45, 2.75) is 12.5 Å². The molecular formula is C6H9Cl2NO2S. The molecule has 3 nitrogen and oxygen atoms in total. The van der Waals surface area contributed by atoms with E-state index in [2.05, 4.69) is 0 Å². The first-order valence-corrected chi connectivity index (χ1v) is 4.95. The highest BCUT2D eigenvalue weighted by atomic mass is 35.5. The third kappa shape index (κ3) is 5.71. The molecule has 0 saturated carbocycles. The molecule has 0 spiro atoms. The Morgan fingerprint density at radius 3 is 2.75 bits per heavy atom. The molecule has 0 aliphatic carbocycles. The van der Waals surface area contributed by atoms with Crippen molar-refractivity contribution in [3.05, 3.63) is 9.90 Å². The molecule has 6 heteroatoms. The quantitative estimate of drug-likeness (QED) is 0.755. The molecule has 0 rings (SSSR count). The predicted octanol–water partition coefficient (Wildman–Crippen LogP) is 1.80. The van der Waals surface area contributed by atoms with Crippen LogP contribution in [0.4, 0.5) is 0 Å². The molecule has 0 heterocycles. The monoisotopic (exact) mass is 229 g/mol. The number of rotatable bonds is 5. The highest BCUT2D eigenvalue weighted by Gasteiger charge is 2.10. The van der Waals surface area contributed by atoms with E-state index in [9.17, 15) is 4.79 Å². The minimum atomic E-state index is -0.999. The molecular weight excluding hydrogens is 221 g/mol. The first-order valence-electron chi connectivity index (χ1n) is 3.15. The Morgan fingerprint density at radius 2 is 2.33 bits per heavy atom. The van der Waals surface area contributed by atoms with E-state index in [0.29, 0.717) is 16.5 Å². The van der Waals surface area contributed by atoms with E-state index in [4.69, 9.17) is 34.0 Å². The summed E-state index contributed by atoms with van der Waals surface area (Å²) >= 11 is 12.1. The Morgan fingerprint density at radius 1 is 1.75 bits per heavy atom. The van der Waals surface area contributed by atoms with Gasteiger partial charge in [0.05, 0.1) is 4.36 Å². The van der Waals surface area contributed by atoms with Crippen molar-refractivity contribution < 1.29 is 9.90 Å². The summed E-state index contributed by atoms with van der Waals surface area (Å²) in [6.45, 7) is 0. The topological polar surface area (TPSA) is 63.3 Å². The van der Waals surface area contributed by atoms with Gasteiger partial charge in [0.25, 0.3) is 0 Å². The standard InChI is InChI=1S/C6H9Cl2NO2S/c7-3-5(8)12-2-1-4(9)6(10)11/h3-4H,1-2,9H2,(H,10,11)/b5-3-/t4-/m0/s1. The highest BCUT2D eigenvalue weighted by Crippen LogP contribution is 2.21. The molecule has 1 atom stereocenters. The lowest BCUT2D eigenvalue weighted by Crippen LogP contribution is -2.30. The fourth-order valence-electron chi connectivity index (χ4n) is 0.438. The van der Waals surface area contributed by atoms with Gasteiger partial charge in [0.1, 0.15) is 6.04 Å². The van der Waals surface area contributed by atoms with E-state index in [1.54, 1.807) is 0 Å². The van der Waals surface area contributed by atoms with Crippen molar-refractivity contribution in [1.82, 2.24) is 0 Å². The van der Waals surface area contributed by atoms with Gasteiger partial charge in [-0.05, 0) is 6.42 Å². The summed E-state index contributed by atoms with van der Waals surface area (Å²) in [7, 11) is 0. The molecule has 0 aromatic heterocycles. The molecule has 0 saturated heterocycles. The minimum absolute atomic E-state index is 0.376. The molecule has 70 valence electrons. The Kier molecular flexibility index (Phi) is 6.65. The van der Waals surface area contributed by atoms with Gasteiger partial charge in [0.15, 0.2) is 0 Å². The molecule has 0 amide bonds. The first kappa shape index (κ1) is 12.1. The van der Waals surface area contributed by atoms with Crippen LogP contribution in [-0.4, -0.2) is 22.9 Å². The van der Waals surface area contributed by atoms with Crippen LogP contribution in [-0.2, 0) is 4.79 Å². The smallest absolute Gasteiger partial charge is 0.320 e. The average molecular weight is 230 g/mol. The fourth-order valence-corrected chi connectivity index (χ4v) is 1.49. The van der Waals surface area contributed by atoms with Gasteiger partial charge in [0, 0.05) is 11.3 Å². The second-order valence-corrected chi connectivity index (χ2v) is 3.98. The maximum atomic E-state index is 10.2. The van der Waals surface area contributed by atoms with Crippen LogP contribution in [0.1, 0.15) is 6.42 Å². The molecule has 0 aliphatic heterocycles. The third-order valence-corrected chi connectivity index (χ3v) is 2.80. The first-order chi connectivity index (χ1) is 5.57. The van der Waals surface area contributed by atoms with Gasteiger partial charge in [0.2, 0.25) is 0 Å². The van der Waals surface area contributed by atoms with E-state index in [1.165, 1.54) is 17.3 Å². The Hall–Kier alpha value is 0.1000. The van der Waals surface area contributed by atoms with Crippen LogP contribution >= 0.6 is 35.0 Å². The van der Waals surface area contributed by atoms with Crippen LogP contribution in [0, 0.1) is 0 Å². The lowest BCUT2D eigenvalue weighted by molar-refractivity contribution is -0.138. The van der Waals surface area contributed by atoms with Crippen LogP contribution in [0.25, 0.3) is 0 Å². The van der Waals surface area contributed by atoms with Gasteiger partial charge in [-0.3, -0.25) is 4.79 Å². The van der Waals surface area contributed by atoms with Crippen LogP contribution in [0.5, 0.6) is 0 Å². The zero-order chi connectivity index (χ0) is 9.56. The van der Waals surface area contributed by atoms with Gasteiger partial charge >= 0.3 is 5.97 Å². The number of aliphatic carboxylic acids is 1. The van der Waals surface area contributed by atoms with Crippen molar-refractivity contribution >= 4 is 40.9 Å². The lowest BCUT2D eigenvalue weighted by Gasteiger charge is -2.04. The maximum absolute atomic E-state index is 10.2. The second-order valence-electron chi connectivity index (χ2n) is 2.00. The summed E-state index contributed by atoms with van der Waals surface area (Å²) in [6, 6.07) is -0.822. The Balaban J connectivity index is 3.50. The number of carboxylic acid groups (broad SMARTS) is 1. The van der Waals surface area contributed by atoms with Crippen molar-refractivity contribution in [2.75, 3.05) is 5.75 Å². The number of hydrogen-bond donors (Lipinski definition) is 2. The molecule has 0 fully saturated rings. The number of thioether (sulfide) groups is 1. The zero-order valence-electron chi connectivity index (χ0n) is 6.17. The van der Waals surface area contributed by atoms with Crippen molar-refractivity contribution in [1.29, 1.82) is 0 Å². The van der Waals surface area contributed by atoms with E-state index in [0.717, 1.165) is 0 Å². The number of carbonyl (C=O) groups is 1. The summed E-state index contributed by atoms with van der Waals surface area (Å²) in [4.78, 5) is 10.2. The largest absolute Gasteiger partial charge is 0.480 e. The molecule has 3 N–H and O–H groups in total. The van der Waals surface area contributed by atoms with Gasteiger partial charge in [-0.25, -0.2) is 0 Å². The van der Waals surface area contributed by atoms with Crippen molar-refractivity contribution in [2.24, 2.45) is 5.73 Å². The molecule has 0 bridgehead atoms. The Bertz CT molecular complexity index is 186. The molecule has 0 unspecified atom stereocenters. The summed E-state index contributed by atoms with van der Waals surface area (Å²) in [5.74, 6) is -0.447. The van der Waals surface area contributed by atoms with Gasteiger partial charge < -0.3 is 10.8 Å². The summed E-state index contributed by atoms with van der Waals surface area (Å²) in [5.41, 5.74) is 6.47. The maximum Gasteiger partial charge on any atom is 0.320 e.